The highest BCUT2D eigenvalue weighted by atomic mass is 35.5. The average Bonchev–Trinajstić information content (AvgIpc) is 2.08. The van der Waals surface area contributed by atoms with Crippen LogP contribution in [0.2, 0.25) is 5.02 Å². The summed E-state index contributed by atoms with van der Waals surface area (Å²) in [6.07, 6.45) is 0. The number of hydrogen-bond acceptors (Lipinski definition) is 2. The zero-order chi connectivity index (χ0) is 10.0. The van der Waals surface area contributed by atoms with Crippen molar-refractivity contribution in [3.8, 4) is 6.07 Å². The lowest BCUT2D eigenvalue weighted by Gasteiger charge is -2.00. The Hall–Kier alpha value is -1.60. The van der Waals surface area contributed by atoms with Crippen LogP contribution in [0.3, 0.4) is 0 Å². The lowest BCUT2D eigenvalue weighted by molar-refractivity contribution is 0.0691. The van der Waals surface area contributed by atoms with E-state index in [0.29, 0.717) is 0 Å². The molecule has 5 heteroatoms. The molecule has 1 aromatic rings. The maximum absolute atomic E-state index is 13.0. The van der Waals surface area contributed by atoms with Crippen LogP contribution < -0.4 is 0 Å². The van der Waals surface area contributed by atoms with E-state index in [-0.39, 0.29) is 10.6 Å². The largest absolute Gasteiger partial charge is 0.478 e. The molecule has 0 bridgehead atoms. The first-order valence-electron chi connectivity index (χ1n) is 3.19. The van der Waals surface area contributed by atoms with E-state index in [4.69, 9.17) is 22.0 Å². The number of halogens is 2. The molecule has 0 aliphatic rings. The number of hydrogen-bond donors (Lipinski definition) is 1. The van der Waals surface area contributed by atoms with Crippen molar-refractivity contribution >= 4 is 17.6 Å². The van der Waals surface area contributed by atoms with Crippen molar-refractivity contribution in [1.82, 2.24) is 0 Å². The highest BCUT2D eigenvalue weighted by Crippen LogP contribution is 2.21. The number of carbonyl (C=O) groups is 1. The molecule has 1 aromatic carbocycles. The molecule has 0 spiro atoms. The number of rotatable bonds is 1. The van der Waals surface area contributed by atoms with Crippen molar-refractivity contribution < 1.29 is 14.3 Å². The zero-order valence-electron chi connectivity index (χ0n) is 6.21. The van der Waals surface area contributed by atoms with Gasteiger partial charge in [0.1, 0.15) is 11.6 Å². The zero-order valence-corrected chi connectivity index (χ0v) is 6.97. The lowest BCUT2D eigenvalue weighted by atomic mass is 10.1. The van der Waals surface area contributed by atoms with E-state index >= 15 is 0 Å². The molecule has 0 aromatic heterocycles. The Morgan fingerprint density at radius 2 is 2.23 bits per heavy atom. The van der Waals surface area contributed by atoms with Gasteiger partial charge in [-0.3, -0.25) is 0 Å². The third-order valence-electron chi connectivity index (χ3n) is 1.43. The van der Waals surface area contributed by atoms with Gasteiger partial charge in [-0.1, -0.05) is 11.6 Å². The third kappa shape index (κ3) is 1.60. The van der Waals surface area contributed by atoms with E-state index < -0.39 is 17.3 Å². The minimum Gasteiger partial charge on any atom is -0.478 e. The SMILES string of the molecule is N#Cc1ccc(Cl)c(F)c1C(=O)O. The molecule has 0 amide bonds. The van der Waals surface area contributed by atoms with E-state index in [9.17, 15) is 9.18 Å². The van der Waals surface area contributed by atoms with Gasteiger partial charge in [0.25, 0.3) is 0 Å². The summed E-state index contributed by atoms with van der Waals surface area (Å²) in [5.41, 5.74) is -0.926. The quantitative estimate of drug-likeness (QED) is 0.753. The summed E-state index contributed by atoms with van der Waals surface area (Å²) in [4.78, 5) is 10.5. The van der Waals surface area contributed by atoms with Gasteiger partial charge < -0.3 is 5.11 Å². The minimum absolute atomic E-state index is 0.241. The molecule has 1 rings (SSSR count). The molecule has 0 radical (unpaired) electrons. The molecule has 0 saturated heterocycles. The Balaban J connectivity index is 3.53. The number of carboxylic acids is 1. The summed E-state index contributed by atoms with van der Waals surface area (Å²) in [5, 5.41) is 16.7. The molecule has 3 nitrogen and oxygen atoms in total. The number of aromatic carboxylic acids is 1. The number of benzene rings is 1. The number of nitrogens with zero attached hydrogens (tertiary/aromatic N) is 1. The van der Waals surface area contributed by atoms with Gasteiger partial charge in [0.15, 0.2) is 5.82 Å². The van der Waals surface area contributed by atoms with Crippen LogP contribution in [0.15, 0.2) is 12.1 Å². The van der Waals surface area contributed by atoms with Gasteiger partial charge >= 0.3 is 5.97 Å². The second-order valence-electron chi connectivity index (χ2n) is 2.20. The van der Waals surface area contributed by atoms with Gasteiger partial charge in [0.05, 0.1) is 10.6 Å². The Kier molecular flexibility index (Phi) is 2.49. The molecular formula is C8H3ClFNO2. The molecule has 0 unspecified atom stereocenters. The van der Waals surface area contributed by atoms with Crippen LogP contribution in [0.4, 0.5) is 4.39 Å². The summed E-state index contributed by atoms with van der Waals surface area (Å²) in [7, 11) is 0. The fourth-order valence-electron chi connectivity index (χ4n) is 0.853. The van der Waals surface area contributed by atoms with Crippen LogP contribution in [0.25, 0.3) is 0 Å². The summed E-state index contributed by atoms with van der Waals surface area (Å²) in [5.74, 6) is -2.58. The van der Waals surface area contributed by atoms with Gasteiger partial charge in [-0.05, 0) is 12.1 Å². The molecule has 0 atom stereocenters. The van der Waals surface area contributed by atoms with Crippen molar-refractivity contribution in [2.45, 2.75) is 0 Å². The van der Waals surface area contributed by atoms with Crippen molar-refractivity contribution in [3.05, 3.63) is 34.1 Å². The summed E-state index contributed by atoms with van der Waals surface area (Å²) in [6.45, 7) is 0. The van der Waals surface area contributed by atoms with Crippen LogP contribution in [0.5, 0.6) is 0 Å². The Labute approximate surface area is 78.0 Å². The molecule has 0 fully saturated rings. The fourth-order valence-corrected chi connectivity index (χ4v) is 1.01. The van der Waals surface area contributed by atoms with Crippen LogP contribution in [-0.4, -0.2) is 11.1 Å². The van der Waals surface area contributed by atoms with Gasteiger partial charge in [0, 0.05) is 0 Å². The monoisotopic (exact) mass is 199 g/mol. The minimum atomic E-state index is -1.50. The van der Waals surface area contributed by atoms with E-state index in [0.717, 1.165) is 12.1 Å². The van der Waals surface area contributed by atoms with E-state index in [1.54, 1.807) is 6.07 Å². The Bertz CT molecular complexity index is 411. The second-order valence-corrected chi connectivity index (χ2v) is 2.61. The first-order valence-corrected chi connectivity index (χ1v) is 3.57. The standard InChI is InChI=1S/C8H3ClFNO2/c9-5-2-1-4(3-11)6(7(5)10)8(12)13/h1-2H,(H,12,13). The van der Waals surface area contributed by atoms with Crippen LogP contribution in [-0.2, 0) is 0 Å². The van der Waals surface area contributed by atoms with Crippen molar-refractivity contribution in [2.24, 2.45) is 0 Å². The van der Waals surface area contributed by atoms with Crippen molar-refractivity contribution in [3.63, 3.8) is 0 Å². The average molecular weight is 200 g/mol. The van der Waals surface area contributed by atoms with Gasteiger partial charge in [-0.15, -0.1) is 0 Å². The summed E-state index contributed by atoms with van der Waals surface area (Å²) >= 11 is 5.34. The molecule has 0 heterocycles. The first-order chi connectivity index (χ1) is 6.07. The molecule has 66 valence electrons. The topological polar surface area (TPSA) is 61.1 Å². The third-order valence-corrected chi connectivity index (χ3v) is 1.72. The summed E-state index contributed by atoms with van der Waals surface area (Å²) in [6, 6.07) is 3.87. The fraction of sp³-hybridized carbons (Fsp3) is 0. The number of nitriles is 1. The summed E-state index contributed by atoms with van der Waals surface area (Å²) < 4.78 is 13.0. The van der Waals surface area contributed by atoms with Crippen LogP contribution in [0, 0.1) is 17.1 Å². The van der Waals surface area contributed by atoms with Crippen LogP contribution >= 0.6 is 11.6 Å². The maximum Gasteiger partial charge on any atom is 0.340 e. The Morgan fingerprint density at radius 1 is 1.62 bits per heavy atom. The maximum atomic E-state index is 13.0. The van der Waals surface area contributed by atoms with Crippen molar-refractivity contribution in [1.29, 1.82) is 5.26 Å². The molecule has 1 N–H and O–H groups in total. The molecule has 13 heavy (non-hydrogen) atoms. The van der Waals surface area contributed by atoms with Gasteiger partial charge in [0.2, 0.25) is 0 Å². The van der Waals surface area contributed by atoms with E-state index in [1.165, 1.54) is 0 Å². The second kappa shape index (κ2) is 3.42. The van der Waals surface area contributed by atoms with E-state index in [1.807, 2.05) is 0 Å². The van der Waals surface area contributed by atoms with Crippen LogP contribution in [0.1, 0.15) is 15.9 Å². The normalized spacial score (nSPS) is 9.31. The predicted octanol–water partition coefficient (Wildman–Crippen LogP) is 2.05. The Morgan fingerprint density at radius 3 is 2.69 bits per heavy atom. The first kappa shape index (κ1) is 9.49. The molecule has 0 saturated carbocycles. The molecule has 0 aliphatic carbocycles. The molecular weight excluding hydrogens is 197 g/mol. The number of carboxylic acid groups (broad SMARTS) is 1. The van der Waals surface area contributed by atoms with Gasteiger partial charge in [-0.25, -0.2) is 9.18 Å². The highest BCUT2D eigenvalue weighted by molar-refractivity contribution is 6.31. The molecule has 0 aliphatic heterocycles. The van der Waals surface area contributed by atoms with E-state index in [2.05, 4.69) is 0 Å². The van der Waals surface area contributed by atoms with Gasteiger partial charge in [-0.2, -0.15) is 5.26 Å². The predicted molar refractivity (Wildman–Crippen MR) is 43.1 cm³/mol. The lowest BCUT2D eigenvalue weighted by Crippen LogP contribution is -2.04. The highest BCUT2D eigenvalue weighted by Gasteiger charge is 2.18. The van der Waals surface area contributed by atoms with Crippen molar-refractivity contribution in [2.75, 3.05) is 0 Å². The smallest absolute Gasteiger partial charge is 0.340 e.